The second kappa shape index (κ2) is 6.58. The molecule has 0 radical (unpaired) electrons. The van der Waals surface area contributed by atoms with Crippen molar-refractivity contribution < 1.29 is 5.11 Å². The van der Waals surface area contributed by atoms with Gasteiger partial charge in [0.15, 0.2) is 0 Å². The third-order valence-corrected chi connectivity index (χ3v) is 4.02. The Hall–Kier alpha value is -1.53. The van der Waals surface area contributed by atoms with Crippen LogP contribution < -0.4 is 4.90 Å². The monoisotopic (exact) mass is 258 g/mol. The van der Waals surface area contributed by atoms with Crippen LogP contribution in [0.3, 0.4) is 0 Å². The van der Waals surface area contributed by atoms with E-state index in [2.05, 4.69) is 17.9 Å². The van der Waals surface area contributed by atoms with E-state index in [0.717, 1.165) is 30.3 Å². The Labute approximate surface area is 115 Å². The van der Waals surface area contributed by atoms with Crippen LogP contribution in [0.25, 0.3) is 0 Å². The first-order valence-corrected chi connectivity index (χ1v) is 7.17. The zero-order chi connectivity index (χ0) is 13.7. The molecule has 0 aliphatic carbocycles. The van der Waals surface area contributed by atoms with Crippen LogP contribution in [0.15, 0.2) is 18.2 Å². The van der Waals surface area contributed by atoms with E-state index >= 15 is 0 Å². The van der Waals surface area contributed by atoms with Crippen molar-refractivity contribution in [1.29, 1.82) is 5.26 Å². The molecule has 0 unspecified atom stereocenters. The number of hydrogen-bond acceptors (Lipinski definition) is 3. The van der Waals surface area contributed by atoms with Gasteiger partial charge in [0.1, 0.15) is 6.07 Å². The lowest BCUT2D eigenvalue weighted by molar-refractivity contribution is 0.282. The van der Waals surface area contributed by atoms with Gasteiger partial charge in [-0.2, -0.15) is 5.26 Å². The van der Waals surface area contributed by atoms with Crippen molar-refractivity contribution in [1.82, 2.24) is 0 Å². The fraction of sp³-hybridized carbons (Fsp3) is 0.562. The number of benzene rings is 1. The average molecular weight is 258 g/mol. The Balaban J connectivity index is 2.09. The number of nitriles is 1. The molecule has 1 aromatic rings. The predicted octanol–water partition coefficient (Wildman–Crippen LogP) is 3.07. The van der Waals surface area contributed by atoms with Crippen molar-refractivity contribution in [2.24, 2.45) is 5.92 Å². The molecule has 19 heavy (non-hydrogen) atoms. The van der Waals surface area contributed by atoms with Gasteiger partial charge in [-0.05, 0) is 36.5 Å². The second-order valence-electron chi connectivity index (χ2n) is 5.34. The molecular formula is C16H22N2O. The van der Waals surface area contributed by atoms with Crippen molar-refractivity contribution in [2.45, 2.75) is 39.2 Å². The Morgan fingerprint density at radius 1 is 1.37 bits per heavy atom. The van der Waals surface area contributed by atoms with Crippen LogP contribution in [0.1, 0.15) is 43.7 Å². The molecule has 0 spiro atoms. The highest BCUT2D eigenvalue weighted by Gasteiger charge is 2.20. The number of aliphatic hydroxyl groups is 1. The van der Waals surface area contributed by atoms with Gasteiger partial charge >= 0.3 is 0 Å². The number of piperidine rings is 1. The molecule has 2 rings (SSSR count). The van der Waals surface area contributed by atoms with Gasteiger partial charge < -0.3 is 10.0 Å². The summed E-state index contributed by atoms with van der Waals surface area (Å²) >= 11 is 0. The van der Waals surface area contributed by atoms with Crippen molar-refractivity contribution in [3.05, 3.63) is 29.3 Å². The van der Waals surface area contributed by atoms with Crippen LogP contribution in [0.2, 0.25) is 0 Å². The molecule has 1 heterocycles. The zero-order valence-corrected chi connectivity index (χ0v) is 11.6. The van der Waals surface area contributed by atoms with Crippen LogP contribution in [0, 0.1) is 17.2 Å². The van der Waals surface area contributed by atoms with E-state index in [0.29, 0.717) is 5.56 Å². The molecule has 1 aliphatic rings. The minimum atomic E-state index is -0.00641. The molecule has 1 fully saturated rings. The summed E-state index contributed by atoms with van der Waals surface area (Å²) in [4.78, 5) is 2.31. The van der Waals surface area contributed by atoms with E-state index in [9.17, 15) is 5.26 Å². The van der Waals surface area contributed by atoms with Gasteiger partial charge in [-0.15, -0.1) is 0 Å². The van der Waals surface area contributed by atoms with Gasteiger partial charge in [-0.1, -0.05) is 25.8 Å². The fourth-order valence-electron chi connectivity index (χ4n) is 2.92. The van der Waals surface area contributed by atoms with Gasteiger partial charge in [0.05, 0.1) is 17.9 Å². The lowest BCUT2D eigenvalue weighted by Gasteiger charge is -2.34. The van der Waals surface area contributed by atoms with Gasteiger partial charge in [-0.3, -0.25) is 0 Å². The van der Waals surface area contributed by atoms with Crippen LogP contribution in [-0.2, 0) is 6.61 Å². The standard InChI is InChI=1S/C16H22N2O/c1-2-3-13-6-8-18(9-7-13)16-5-4-14(12-19)10-15(16)11-17/h4-5,10,13,19H,2-3,6-9,12H2,1H3. The number of nitrogens with zero attached hydrogens (tertiary/aromatic N) is 2. The lowest BCUT2D eigenvalue weighted by Crippen LogP contribution is -2.34. The van der Waals surface area contributed by atoms with Crippen LogP contribution in [-0.4, -0.2) is 18.2 Å². The largest absolute Gasteiger partial charge is 0.392 e. The van der Waals surface area contributed by atoms with E-state index < -0.39 is 0 Å². The quantitative estimate of drug-likeness (QED) is 0.903. The van der Waals surface area contributed by atoms with Crippen molar-refractivity contribution >= 4 is 5.69 Å². The second-order valence-corrected chi connectivity index (χ2v) is 5.34. The normalized spacial score (nSPS) is 16.4. The molecule has 3 nitrogen and oxygen atoms in total. The molecule has 0 saturated carbocycles. The Morgan fingerprint density at radius 2 is 2.11 bits per heavy atom. The Kier molecular flexibility index (Phi) is 4.81. The van der Waals surface area contributed by atoms with Crippen molar-refractivity contribution in [2.75, 3.05) is 18.0 Å². The van der Waals surface area contributed by atoms with E-state index in [-0.39, 0.29) is 6.61 Å². The maximum Gasteiger partial charge on any atom is 0.101 e. The first kappa shape index (κ1) is 13.9. The molecule has 1 aromatic carbocycles. The van der Waals surface area contributed by atoms with Crippen LogP contribution >= 0.6 is 0 Å². The Bertz CT molecular complexity index is 456. The summed E-state index contributed by atoms with van der Waals surface area (Å²) in [6.07, 6.45) is 5.03. The topological polar surface area (TPSA) is 47.3 Å². The van der Waals surface area contributed by atoms with E-state index in [4.69, 9.17) is 5.11 Å². The summed E-state index contributed by atoms with van der Waals surface area (Å²) in [5, 5.41) is 18.4. The molecule has 3 heteroatoms. The van der Waals surface area contributed by atoms with Crippen LogP contribution in [0.5, 0.6) is 0 Å². The number of anilines is 1. The smallest absolute Gasteiger partial charge is 0.101 e. The van der Waals surface area contributed by atoms with E-state index in [1.165, 1.54) is 25.7 Å². The Morgan fingerprint density at radius 3 is 2.68 bits per heavy atom. The molecule has 1 saturated heterocycles. The first-order valence-electron chi connectivity index (χ1n) is 7.17. The number of aliphatic hydroxyl groups excluding tert-OH is 1. The minimum absolute atomic E-state index is 0.00641. The van der Waals surface area contributed by atoms with E-state index in [1.807, 2.05) is 12.1 Å². The third-order valence-electron chi connectivity index (χ3n) is 4.02. The van der Waals surface area contributed by atoms with Crippen LogP contribution in [0.4, 0.5) is 5.69 Å². The number of rotatable bonds is 4. The molecule has 1 aliphatic heterocycles. The molecule has 0 bridgehead atoms. The molecule has 0 amide bonds. The summed E-state index contributed by atoms with van der Waals surface area (Å²) < 4.78 is 0. The summed E-state index contributed by atoms with van der Waals surface area (Å²) in [5.41, 5.74) is 2.51. The predicted molar refractivity (Wildman–Crippen MR) is 76.9 cm³/mol. The molecule has 102 valence electrons. The van der Waals surface area contributed by atoms with Gasteiger partial charge in [0.2, 0.25) is 0 Å². The average Bonchev–Trinajstić information content (AvgIpc) is 2.48. The summed E-state index contributed by atoms with van der Waals surface area (Å²) in [6, 6.07) is 7.94. The zero-order valence-electron chi connectivity index (χ0n) is 11.6. The molecule has 0 aromatic heterocycles. The highest BCUT2D eigenvalue weighted by molar-refractivity contribution is 5.60. The first-order chi connectivity index (χ1) is 9.28. The SMILES string of the molecule is CCCC1CCN(c2ccc(CO)cc2C#N)CC1. The van der Waals surface area contributed by atoms with Gasteiger partial charge in [-0.25, -0.2) is 0 Å². The van der Waals surface area contributed by atoms with Gasteiger partial charge in [0.25, 0.3) is 0 Å². The maximum absolute atomic E-state index is 9.25. The lowest BCUT2D eigenvalue weighted by atomic mass is 9.92. The number of hydrogen-bond donors (Lipinski definition) is 1. The summed E-state index contributed by atoms with van der Waals surface area (Å²) in [7, 11) is 0. The summed E-state index contributed by atoms with van der Waals surface area (Å²) in [5.74, 6) is 0.850. The third kappa shape index (κ3) is 3.27. The minimum Gasteiger partial charge on any atom is -0.392 e. The van der Waals surface area contributed by atoms with Crippen molar-refractivity contribution in [3.8, 4) is 6.07 Å². The highest BCUT2D eigenvalue weighted by Crippen LogP contribution is 2.28. The van der Waals surface area contributed by atoms with Crippen molar-refractivity contribution in [3.63, 3.8) is 0 Å². The van der Waals surface area contributed by atoms with E-state index in [1.54, 1.807) is 6.07 Å². The highest BCUT2D eigenvalue weighted by atomic mass is 16.3. The molecule has 0 atom stereocenters. The molecular weight excluding hydrogens is 236 g/mol. The van der Waals surface area contributed by atoms with Gasteiger partial charge in [0, 0.05) is 13.1 Å². The maximum atomic E-state index is 9.25. The fourth-order valence-corrected chi connectivity index (χ4v) is 2.92. The summed E-state index contributed by atoms with van der Waals surface area (Å²) in [6.45, 7) is 4.32. The molecule has 1 N–H and O–H groups in total.